The van der Waals surface area contributed by atoms with Gasteiger partial charge in [0.05, 0.1) is 17.9 Å². The molecule has 7 nitrogen and oxygen atoms in total. The Bertz CT molecular complexity index is 670. The van der Waals surface area contributed by atoms with Gasteiger partial charge in [0, 0.05) is 25.2 Å². The highest BCUT2D eigenvalue weighted by Gasteiger charge is 2.45. The molecule has 1 aliphatic carbocycles. The minimum Gasteiger partial charge on any atom is -0.391 e. The Labute approximate surface area is 140 Å². The van der Waals surface area contributed by atoms with Crippen LogP contribution in [0.1, 0.15) is 36.0 Å². The third kappa shape index (κ3) is 2.86. The summed E-state index contributed by atoms with van der Waals surface area (Å²) >= 11 is 0. The molecule has 3 aliphatic rings. The molecule has 0 radical (unpaired) electrons. The smallest absolute Gasteiger partial charge is 0.264 e. The van der Waals surface area contributed by atoms with E-state index in [0.717, 1.165) is 25.9 Å². The van der Waals surface area contributed by atoms with Crippen LogP contribution in [0.5, 0.6) is 0 Å². The van der Waals surface area contributed by atoms with Crippen LogP contribution in [0.2, 0.25) is 0 Å². The lowest BCUT2D eigenvalue weighted by atomic mass is 9.77. The predicted octanol–water partition coefficient (Wildman–Crippen LogP) is 0.0772. The maximum absolute atomic E-state index is 12.6. The lowest BCUT2D eigenvalue weighted by Gasteiger charge is -2.40. The Morgan fingerprint density at radius 2 is 1.92 bits per heavy atom. The molecule has 1 aromatic rings. The van der Waals surface area contributed by atoms with Crippen LogP contribution in [0, 0.1) is 11.8 Å². The first-order chi connectivity index (χ1) is 11.6. The molecule has 3 fully saturated rings. The molecule has 4 rings (SSSR count). The van der Waals surface area contributed by atoms with Crippen molar-refractivity contribution in [2.24, 2.45) is 11.8 Å². The van der Waals surface area contributed by atoms with E-state index in [4.69, 9.17) is 0 Å². The molecule has 2 aliphatic heterocycles. The van der Waals surface area contributed by atoms with E-state index < -0.39 is 0 Å². The number of amides is 1. The van der Waals surface area contributed by atoms with Crippen LogP contribution in [-0.4, -0.2) is 69.3 Å². The summed E-state index contributed by atoms with van der Waals surface area (Å²) in [6, 6.07) is 1.55. The summed E-state index contributed by atoms with van der Waals surface area (Å²) in [5, 5.41) is 16.6. The van der Waals surface area contributed by atoms with E-state index >= 15 is 0 Å². The van der Waals surface area contributed by atoms with Crippen LogP contribution in [0.3, 0.4) is 0 Å². The van der Waals surface area contributed by atoms with Gasteiger partial charge in [-0.15, -0.1) is 0 Å². The quantitative estimate of drug-likeness (QED) is 0.800. The molecule has 0 aromatic carbocycles. The van der Waals surface area contributed by atoms with Crippen molar-refractivity contribution < 1.29 is 9.90 Å². The van der Waals surface area contributed by atoms with Crippen molar-refractivity contribution in [1.29, 1.82) is 0 Å². The number of fused-ring (bicyclic) bond motifs is 1. The fourth-order valence-corrected chi connectivity index (χ4v) is 4.71. The molecule has 130 valence electrons. The summed E-state index contributed by atoms with van der Waals surface area (Å²) in [4.78, 5) is 28.2. The molecule has 1 aromatic heterocycles. The van der Waals surface area contributed by atoms with E-state index in [-0.39, 0.29) is 23.6 Å². The molecule has 4 atom stereocenters. The third-order valence-corrected chi connectivity index (χ3v) is 5.92. The first kappa shape index (κ1) is 15.8. The molecular formula is C17H24N4O3. The van der Waals surface area contributed by atoms with Gasteiger partial charge in [-0.3, -0.25) is 14.5 Å². The van der Waals surface area contributed by atoms with Crippen molar-refractivity contribution >= 4 is 5.91 Å². The Hall–Kier alpha value is -1.73. The zero-order valence-electron chi connectivity index (χ0n) is 13.7. The van der Waals surface area contributed by atoms with Crippen molar-refractivity contribution in [2.75, 3.05) is 26.2 Å². The van der Waals surface area contributed by atoms with Gasteiger partial charge in [0.1, 0.15) is 0 Å². The average molecular weight is 332 g/mol. The van der Waals surface area contributed by atoms with Crippen LogP contribution in [-0.2, 0) is 0 Å². The van der Waals surface area contributed by atoms with Gasteiger partial charge >= 0.3 is 0 Å². The summed E-state index contributed by atoms with van der Waals surface area (Å²) in [6.07, 6.45) is 5.29. The molecule has 0 spiro atoms. The van der Waals surface area contributed by atoms with Crippen LogP contribution < -0.4 is 5.56 Å². The Morgan fingerprint density at radius 1 is 1.21 bits per heavy atom. The molecule has 1 saturated carbocycles. The monoisotopic (exact) mass is 332 g/mol. The van der Waals surface area contributed by atoms with Gasteiger partial charge in [-0.05, 0) is 50.6 Å². The number of hydrogen-bond acceptors (Lipinski definition) is 5. The molecule has 2 saturated heterocycles. The SMILES string of the molecule is O=C(c1cn[nH]c(=O)c1)N1C[C@H]2C[C@@H](N3CCCC3)[C@H](O)C[C@H]2C1. The van der Waals surface area contributed by atoms with Gasteiger partial charge < -0.3 is 10.0 Å². The fourth-order valence-electron chi connectivity index (χ4n) is 4.71. The lowest BCUT2D eigenvalue weighted by Crippen LogP contribution is -2.48. The summed E-state index contributed by atoms with van der Waals surface area (Å²) in [5.41, 5.74) is -0.0176. The topological polar surface area (TPSA) is 89.5 Å². The van der Waals surface area contributed by atoms with E-state index in [2.05, 4.69) is 15.1 Å². The van der Waals surface area contributed by atoms with E-state index in [9.17, 15) is 14.7 Å². The Kier molecular flexibility index (Phi) is 4.14. The van der Waals surface area contributed by atoms with Gasteiger partial charge in [-0.25, -0.2) is 5.10 Å². The standard InChI is InChI=1S/C17H24N4O3/c22-15-6-13-10-21(17(24)11-7-16(23)19-18-8-11)9-12(13)5-14(15)20-3-1-2-4-20/h7-8,12-15,22H,1-6,9-10H2,(H,19,23)/t12-,13+,14-,15-/m1/s1. The minimum atomic E-state index is -0.359. The lowest BCUT2D eigenvalue weighted by molar-refractivity contribution is -0.000864. The highest BCUT2D eigenvalue weighted by molar-refractivity contribution is 5.94. The fraction of sp³-hybridized carbons (Fsp3) is 0.706. The van der Waals surface area contributed by atoms with Gasteiger partial charge in [0.25, 0.3) is 11.5 Å². The van der Waals surface area contributed by atoms with Crippen molar-refractivity contribution in [3.63, 3.8) is 0 Å². The first-order valence-corrected chi connectivity index (χ1v) is 8.88. The number of aliphatic hydroxyl groups is 1. The number of carbonyl (C=O) groups excluding carboxylic acids is 1. The maximum atomic E-state index is 12.6. The van der Waals surface area contributed by atoms with Gasteiger partial charge in [0.15, 0.2) is 0 Å². The molecule has 2 N–H and O–H groups in total. The number of aromatic amines is 1. The molecule has 7 heteroatoms. The normalized spacial score (nSPS) is 33.6. The molecule has 3 heterocycles. The van der Waals surface area contributed by atoms with Crippen molar-refractivity contribution in [1.82, 2.24) is 20.0 Å². The van der Waals surface area contributed by atoms with Crippen molar-refractivity contribution in [2.45, 2.75) is 37.8 Å². The highest BCUT2D eigenvalue weighted by Crippen LogP contribution is 2.39. The van der Waals surface area contributed by atoms with Crippen molar-refractivity contribution in [3.8, 4) is 0 Å². The second-order valence-corrected chi connectivity index (χ2v) is 7.41. The van der Waals surface area contributed by atoms with E-state index in [1.807, 2.05) is 4.90 Å². The number of rotatable bonds is 2. The molecular weight excluding hydrogens is 308 g/mol. The molecule has 24 heavy (non-hydrogen) atoms. The maximum Gasteiger partial charge on any atom is 0.264 e. The predicted molar refractivity (Wildman–Crippen MR) is 87.6 cm³/mol. The second kappa shape index (κ2) is 6.29. The Morgan fingerprint density at radius 3 is 2.62 bits per heavy atom. The van der Waals surface area contributed by atoms with E-state index in [1.165, 1.54) is 25.1 Å². The number of nitrogens with one attached hydrogen (secondary N) is 1. The number of aromatic nitrogens is 2. The van der Waals surface area contributed by atoms with Crippen LogP contribution in [0.15, 0.2) is 17.1 Å². The van der Waals surface area contributed by atoms with Gasteiger partial charge in [-0.2, -0.15) is 5.10 Å². The zero-order valence-corrected chi connectivity index (χ0v) is 13.7. The van der Waals surface area contributed by atoms with Gasteiger partial charge in [0.2, 0.25) is 0 Å². The molecule has 0 unspecified atom stereocenters. The van der Waals surface area contributed by atoms with E-state index in [0.29, 0.717) is 30.5 Å². The highest BCUT2D eigenvalue weighted by atomic mass is 16.3. The zero-order chi connectivity index (χ0) is 16.7. The van der Waals surface area contributed by atoms with Crippen molar-refractivity contribution in [3.05, 3.63) is 28.2 Å². The van der Waals surface area contributed by atoms with Crippen LogP contribution >= 0.6 is 0 Å². The molecule has 1 amide bonds. The average Bonchev–Trinajstić information content (AvgIpc) is 3.22. The van der Waals surface area contributed by atoms with Gasteiger partial charge in [-0.1, -0.05) is 0 Å². The number of carbonyl (C=O) groups is 1. The number of likely N-dealkylation sites (tertiary alicyclic amines) is 2. The summed E-state index contributed by atoms with van der Waals surface area (Å²) in [5.74, 6) is 0.672. The summed E-state index contributed by atoms with van der Waals surface area (Å²) < 4.78 is 0. The number of nitrogens with zero attached hydrogens (tertiary/aromatic N) is 3. The molecule has 0 bridgehead atoms. The first-order valence-electron chi connectivity index (χ1n) is 8.88. The Balaban J connectivity index is 1.45. The minimum absolute atomic E-state index is 0.129. The van der Waals surface area contributed by atoms with Crippen LogP contribution in [0.25, 0.3) is 0 Å². The second-order valence-electron chi connectivity index (χ2n) is 7.41. The largest absolute Gasteiger partial charge is 0.391 e. The summed E-state index contributed by atoms with van der Waals surface area (Å²) in [6.45, 7) is 3.55. The number of hydrogen-bond donors (Lipinski definition) is 2. The van der Waals surface area contributed by atoms with Crippen LogP contribution in [0.4, 0.5) is 0 Å². The van der Waals surface area contributed by atoms with E-state index in [1.54, 1.807) is 0 Å². The number of aliphatic hydroxyl groups excluding tert-OH is 1. The summed E-state index contributed by atoms with van der Waals surface area (Å²) in [7, 11) is 0. The number of H-pyrrole nitrogens is 1. The third-order valence-electron chi connectivity index (χ3n) is 5.92.